The van der Waals surface area contributed by atoms with E-state index in [0.717, 1.165) is 37.6 Å². The van der Waals surface area contributed by atoms with Gasteiger partial charge in [0.2, 0.25) is 5.91 Å². The molecule has 1 fully saturated rings. The summed E-state index contributed by atoms with van der Waals surface area (Å²) in [5, 5.41) is 13.0. The molecular formula is C23H32N4O3. The molecule has 1 aliphatic heterocycles. The van der Waals surface area contributed by atoms with Crippen LogP contribution in [0.3, 0.4) is 0 Å². The molecule has 1 saturated heterocycles. The molecule has 0 aliphatic carbocycles. The van der Waals surface area contributed by atoms with Crippen molar-refractivity contribution in [3.63, 3.8) is 0 Å². The van der Waals surface area contributed by atoms with Gasteiger partial charge in [-0.2, -0.15) is 0 Å². The number of pyridine rings is 1. The Morgan fingerprint density at radius 1 is 1.13 bits per heavy atom. The molecule has 7 heteroatoms. The summed E-state index contributed by atoms with van der Waals surface area (Å²) in [6, 6.07) is 13.5. The highest BCUT2D eigenvalue weighted by Gasteiger charge is 2.20. The zero-order valence-corrected chi connectivity index (χ0v) is 17.8. The summed E-state index contributed by atoms with van der Waals surface area (Å²) in [6.07, 6.45) is 1.72. The number of benzene rings is 1. The second-order valence-electron chi connectivity index (χ2n) is 7.94. The molecule has 3 rings (SSSR count). The lowest BCUT2D eigenvalue weighted by atomic mass is 10.1. The molecular weight excluding hydrogens is 380 g/mol. The van der Waals surface area contributed by atoms with Crippen LogP contribution in [-0.2, 0) is 16.0 Å². The molecule has 2 N–H and O–H groups in total. The van der Waals surface area contributed by atoms with E-state index < -0.39 is 6.10 Å². The highest BCUT2D eigenvalue weighted by molar-refractivity contribution is 5.92. The van der Waals surface area contributed by atoms with Crippen LogP contribution in [0.25, 0.3) is 0 Å². The Labute approximate surface area is 178 Å². The van der Waals surface area contributed by atoms with E-state index in [1.807, 2.05) is 56.3 Å². The Bertz CT molecular complexity index is 775. The number of carbonyl (C=O) groups excluding carboxylic acids is 1. The molecule has 1 aliphatic rings. The topological polar surface area (TPSA) is 77.9 Å². The number of hydrogen-bond donors (Lipinski definition) is 2. The SMILES string of the molecule is CC(C)OCC(O)CN1CCN(c2ccc(NC(=O)Cc3ccccc3)cn2)CC1. The van der Waals surface area contributed by atoms with Crippen molar-refractivity contribution in [2.75, 3.05) is 49.5 Å². The van der Waals surface area contributed by atoms with Gasteiger partial charge in [0.05, 0.1) is 37.1 Å². The van der Waals surface area contributed by atoms with E-state index in [-0.39, 0.29) is 12.0 Å². The molecule has 1 aromatic heterocycles. The van der Waals surface area contributed by atoms with Crippen LogP contribution in [0.15, 0.2) is 48.7 Å². The fraction of sp³-hybridized carbons (Fsp3) is 0.478. The number of anilines is 2. The van der Waals surface area contributed by atoms with Crippen molar-refractivity contribution in [1.82, 2.24) is 9.88 Å². The van der Waals surface area contributed by atoms with E-state index in [4.69, 9.17) is 4.74 Å². The smallest absolute Gasteiger partial charge is 0.228 e. The average Bonchev–Trinajstić information content (AvgIpc) is 2.74. The van der Waals surface area contributed by atoms with E-state index >= 15 is 0 Å². The molecule has 0 saturated carbocycles. The van der Waals surface area contributed by atoms with Crippen LogP contribution in [0.4, 0.5) is 11.5 Å². The van der Waals surface area contributed by atoms with Crippen molar-refractivity contribution < 1.29 is 14.6 Å². The van der Waals surface area contributed by atoms with Crippen molar-refractivity contribution >= 4 is 17.4 Å². The van der Waals surface area contributed by atoms with Crippen molar-refractivity contribution in [3.8, 4) is 0 Å². The number of nitrogens with zero attached hydrogens (tertiary/aromatic N) is 3. The summed E-state index contributed by atoms with van der Waals surface area (Å²) in [5.41, 5.74) is 1.69. The van der Waals surface area contributed by atoms with Gasteiger partial charge < -0.3 is 20.1 Å². The van der Waals surface area contributed by atoms with Gasteiger partial charge in [-0.25, -0.2) is 4.98 Å². The van der Waals surface area contributed by atoms with E-state index in [1.54, 1.807) is 6.20 Å². The number of carbonyl (C=O) groups is 1. The number of hydrogen-bond acceptors (Lipinski definition) is 6. The Morgan fingerprint density at radius 3 is 2.50 bits per heavy atom. The molecule has 1 amide bonds. The number of nitrogens with one attached hydrogen (secondary N) is 1. The number of aromatic nitrogens is 1. The fourth-order valence-corrected chi connectivity index (χ4v) is 3.45. The molecule has 2 heterocycles. The lowest BCUT2D eigenvalue weighted by Crippen LogP contribution is -2.49. The molecule has 162 valence electrons. The van der Waals surface area contributed by atoms with Gasteiger partial charge in [-0.05, 0) is 31.5 Å². The first-order valence-electron chi connectivity index (χ1n) is 10.6. The van der Waals surface area contributed by atoms with Crippen molar-refractivity contribution in [3.05, 3.63) is 54.2 Å². The predicted octanol–water partition coefficient (Wildman–Crippen LogP) is 2.17. The molecule has 7 nitrogen and oxygen atoms in total. The zero-order chi connectivity index (χ0) is 21.3. The molecule has 30 heavy (non-hydrogen) atoms. The number of β-amino-alcohol motifs (C(OH)–C–C–N with tert-alkyl or cyclic N) is 1. The standard InChI is InChI=1S/C23H32N4O3/c1-18(2)30-17-21(28)16-26-10-12-27(13-11-26)22-9-8-20(15-24-22)25-23(29)14-19-6-4-3-5-7-19/h3-9,15,18,21,28H,10-14,16-17H2,1-2H3,(H,25,29). The highest BCUT2D eigenvalue weighted by atomic mass is 16.5. The van der Waals surface area contributed by atoms with E-state index in [1.165, 1.54) is 0 Å². The second-order valence-corrected chi connectivity index (χ2v) is 7.94. The number of piperazine rings is 1. The van der Waals surface area contributed by atoms with Crippen LogP contribution in [0.1, 0.15) is 19.4 Å². The maximum Gasteiger partial charge on any atom is 0.228 e. The minimum atomic E-state index is -0.462. The molecule has 0 radical (unpaired) electrons. The Hall–Kier alpha value is -2.48. The third kappa shape index (κ3) is 7.09. The van der Waals surface area contributed by atoms with Crippen LogP contribution in [0.5, 0.6) is 0 Å². The van der Waals surface area contributed by atoms with Crippen LogP contribution >= 0.6 is 0 Å². The Kier molecular flexibility index (Phi) is 8.19. The van der Waals surface area contributed by atoms with Gasteiger partial charge in [0.1, 0.15) is 5.82 Å². The first-order valence-corrected chi connectivity index (χ1v) is 10.6. The lowest BCUT2D eigenvalue weighted by Gasteiger charge is -2.36. The molecule has 2 aromatic rings. The average molecular weight is 413 g/mol. The van der Waals surface area contributed by atoms with Gasteiger partial charge >= 0.3 is 0 Å². The predicted molar refractivity (Wildman–Crippen MR) is 119 cm³/mol. The van der Waals surface area contributed by atoms with Crippen LogP contribution in [0.2, 0.25) is 0 Å². The molecule has 0 bridgehead atoms. The number of amides is 1. The summed E-state index contributed by atoms with van der Waals surface area (Å²) in [7, 11) is 0. The van der Waals surface area contributed by atoms with Gasteiger partial charge in [0.25, 0.3) is 0 Å². The Morgan fingerprint density at radius 2 is 1.87 bits per heavy atom. The van der Waals surface area contributed by atoms with Gasteiger partial charge in [-0.1, -0.05) is 30.3 Å². The van der Waals surface area contributed by atoms with Crippen LogP contribution in [0, 0.1) is 0 Å². The normalized spacial score (nSPS) is 15.9. The summed E-state index contributed by atoms with van der Waals surface area (Å²) in [6.45, 7) is 8.38. The minimum absolute atomic E-state index is 0.0515. The monoisotopic (exact) mass is 412 g/mol. The van der Waals surface area contributed by atoms with Gasteiger partial charge in [-0.3, -0.25) is 9.69 Å². The summed E-state index contributed by atoms with van der Waals surface area (Å²) in [4.78, 5) is 21.2. The maximum atomic E-state index is 12.2. The van der Waals surface area contributed by atoms with Crippen molar-refractivity contribution in [2.45, 2.75) is 32.5 Å². The van der Waals surface area contributed by atoms with Crippen molar-refractivity contribution in [1.29, 1.82) is 0 Å². The highest BCUT2D eigenvalue weighted by Crippen LogP contribution is 2.17. The summed E-state index contributed by atoms with van der Waals surface area (Å²) < 4.78 is 5.48. The summed E-state index contributed by atoms with van der Waals surface area (Å²) >= 11 is 0. The third-order valence-electron chi connectivity index (χ3n) is 5.03. The molecule has 1 aromatic carbocycles. The van der Waals surface area contributed by atoms with E-state index in [0.29, 0.717) is 25.3 Å². The largest absolute Gasteiger partial charge is 0.389 e. The van der Waals surface area contributed by atoms with E-state index in [9.17, 15) is 9.90 Å². The van der Waals surface area contributed by atoms with Gasteiger partial charge in [-0.15, -0.1) is 0 Å². The molecule has 1 unspecified atom stereocenters. The first kappa shape index (κ1) is 22.2. The molecule has 0 spiro atoms. The third-order valence-corrected chi connectivity index (χ3v) is 5.03. The van der Waals surface area contributed by atoms with E-state index in [2.05, 4.69) is 20.1 Å². The summed E-state index contributed by atoms with van der Waals surface area (Å²) in [5.74, 6) is 0.851. The minimum Gasteiger partial charge on any atom is -0.389 e. The molecule has 1 atom stereocenters. The van der Waals surface area contributed by atoms with Gasteiger partial charge in [0, 0.05) is 32.7 Å². The Balaban J connectivity index is 1.43. The zero-order valence-electron chi connectivity index (χ0n) is 17.8. The van der Waals surface area contributed by atoms with Crippen molar-refractivity contribution in [2.24, 2.45) is 0 Å². The second kappa shape index (κ2) is 11.1. The number of ether oxygens (including phenoxy) is 1. The number of aliphatic hydroxyl groups excluding tert-OH is 1. The maximum absolute atomic E-state index is 12.2. The lowest BCUT2D eigenvalue weighted by molar-refractivity contribution is -0.115. The number of aliphatic hydroxyl groups is 1. The van der Waals surface area contributed by atoms with Gasteiger partial charge in [0.15, 0.2) is 0 Å². The fourth-order valence-electron chi connectivity index (χ4n) is 3.45. The van der Waals surface area contributed by atoms with Crippen LogP contribution in [-0.4, -0.2) is 72.4 Å². The quantitative estimate of drug-likeness (QED) is 0.657. The number of rotatable bonds is 9. The van der Waals surface area contributed by atoms with Crippen LogP contribution < -0.4 is 10.2 Å². The first-order chi connectivity index (χ1) is 14.5.